The number of benzene rings is 4. The van der Waals surface area contributed by atoms with E-state index in [1.54, 1.807) is 30.3 Å². The molecule has 150 valence electrons. The van der Waals surface area contributed by atoms with E-state index in [1.807, 2.05) is 36.4 Å². The van der Waals surface area contributed by atoms with Crippen molar-refractivity contribution in [3.05, 3.63) is 102 Å². The van der Waals surface area contributed by atoms with E-state index < -0.39 is 11.9 Å². The summed E-state index contributed by atoms with van der Waals surface area (Å²) in [5.41, 5.74) is 0.0861. The summed E-state index contributed by atoms with van der Waals surface area (Å²) in [6.45, 7) is 0. The Morgan fingerprint density at radius 1 is 0.633 bits per heavy atom. The minimum atomic E-state index is -1.11. The van der Waals surface area contributed by atoms with E-state index in [1.165, 1.54) is 24.3 Å². The number of carbonyl (C=O) groups excluding carboxylic acids is 1. The van der Waals surface area contributed by atoms with Gasteiger partial charge in [-0.15, -0.1) is 0 Å². The van der Waals surface area contributed by atoms with Crippen LogP contribution in [0.1, 0.15) is 20.7 Å². The van der Waals surface area contributed by atoms with Gasteiger partial charge in [-0.05, 0) is 35.7 Å². The molecule has 4 rings (SSSR count). The lowest BCUT2D eigenvalue weighted by atomic mass is 10.1. The predicted molar refractivity (Wildman–Crippen MR) is 112 cm³/mol. The van der Waals surface area contributed by atoms with Crippen molar-refractivity contribution >= 4 is 22.7 Å². The largest absolute Gasteiger partial charge is 0.507 e. The zero-order chi connectivity index (χ0) is 21.5. The van der Waals surface area contributed by atoms with Gasteiger partial charge in [0.2, 0.25) is 0 Å². The maximum absolute atomic E-state index is 12.1. The van der Waals surface area contributed by atoms with Gasteiger partial charge in [-0.2, -0.15) is 0 Å². The molecule has 0 heterocycles. The number of phenols is 2. The van der Waals surface area contributed by atoms with Crippen molar-refractivity contribution in [2.75, 3.05) is 0 Å². The first kappa shape index (κ1) is 20.4. The number of fused-ring (bicyclic) bond motifs is 1. The third-order valence-electron chi connectivity index (χ3n) is 4.21. The molecule has 3 N–H and O–H groups in total. The van der Waals surface area contributed by atoms with Crippen LogP contribution in [0.25, 0.3) is 10.8 Å². The standard InChI is InChI=1S/C17H12O3.C7H6O3/c18-15-10-4-3-9-14(15)17(19)20-16-11-5-7-12-6-1-2-8-13(12)16;8-6-4-2-1-3-5(6)7(9)10/h1-11,18H;1-4,8H,(H,9,10). The predicted octanol–water partition coefficient (Wildman–Crippen LogP) is 4.86. The van der Waals surface area contributed by atoms with Crippen LogP contribution in [-0.4, -0.2) is 27.3 Å². The molecule has 0 atom stereocenters. The van der Waals surface area contributed by atoms with Crippen LogP contribution in [0.15, 0.2) is 91.0 Å². The third-order valence-corrected chi connectivity index (χ3v) is 4.21. The third kappa shape index (κ3) is 4.74. The fourth-order valence-corrected chi connectivity index (χ4v) is 2.74. The number of hydrogen-bond acceptors (Lipinski definition) is 5. The van der Waals surface area contributed by atoms with Gasteiger partial charge in [0.1, 0.15) is 28.4 Å². The normalized spacial score (nSPS) is 10.0. The molecule has 6 nitrogen and oxygen atoms in total. The van der Waals surface area contributed by atoms with E-state index in [9.17, 15) is 14.7 Å². The molecule has 0 unspecified atom stereocenters. The average Bonchev–Trinajstić information content (AvgIpc) is 2.75. The van der Waals surface area contributed by atoms with E-state index >= 15 is 0 Å². The Kier molecular flexibility index (Phi) is 6.29. The number of hydrogen-bond donors (Lipinski definition) is 3. The zero-order valence-electron chi connectivity index (χ0n) is 15.7. The Bertz CT molecular complexity index is 1190. The van der Waals surface area contributed by atoms with Crippen molar-refractivity contribution in [3.8, 4) is 17.2 Å². The molecule has 0 aliphatic heterocycles. The van der Waals surface area contributed by atoms with Gasteiger partial charge in [-0.25, -0.2) is 9.59 Å². The second kappa shape index (κ2) is 9.25. The molecule has 4 aromatic rings. The SMILES string of the molecule is O=C(O)c1ccccc1O.O=C(Oc1cccc2ccccc12)c1ccccc1O. The molecule has 0 aliphatic rings. The minimum absolute atomic E-state index is 0.0671. The van der Waals surface area contributed by atoms with Gasteiger partial charge >= 0.3 is 11.9 Å². The molecule has 0 radical (unpaired) electrons. The molecule has 0 fully saturated rings. The number of aromatic carboxylic acids is 1. The van der Waals surface area contributed by atoms with Crippen molar-refractivity contribution in [2.45, 2.75) is 0 Å². The second-order valence-corrected chi connectivity index (χ2v) is 6.21. The molecular formula is C24H18O6. The molecule has 0 aliphatic carbocycles. The Morgan fingerprint density at radius 3 is 1.77 bits per heavy atom. The highest BCUT2D eigenvalue weighted by Gasteiger charge is 2.14. The maximum atomic E-state index is 12.1. The number of phenolic OH excluding ortho intramolecular Hbond substituents is 1. The molecule has 30 heavy (non-hydrogen) atoms. The summed E-state index contributed by atoms with van der Waals surface area (Å²) in [6, 6.07) is 25.3. The monoisotopic (exact) mass is 402 g/mol. The zero-order valence-corrected chi connectivity index (χ0v) is 15.7. The molecule has 0 aromatic heterocycles. The lowest BCUT2D eigenvalue weighted by Crippen LogP contribution is -2.08. The Balaban J connectivity index is 0.000000216. The van der Waals surface area contributed by atoms with Crippen LogP contribution in [0.4, 0.5) is 0 Å². The van der Waals surface area contributed by atoms with Crippen LogP contribution >= 0.6 is 0 Å². The highest BCUT2D eigenvalue weighted by molar-refractivity contribution is 5.97. The van der Waals surface area contributed by atoms with E-state index in [0.29, 0.717) is 5.75 Å². The van der Waals surface area contributed by atoms with Crippen LogP contribution in [0.3, 0.4) is 0 Å². The van der Waals surface area contributed by atoms with Crippen molar-refractivity contribution in [1.82, 2.24) is 0 Å². The number of carboxylic acid groups (broad SMARTS) is 1. The topological polar surface area (TPSA) is 104 Å². The number of rotatable bonds is 3. The van der Waals surface area contributed by atoms with Gasteiger partial charge in [0.25, 0.3) is 0 Å². The Hall–Kier alpha value is -4.32. The molecule has 0 saturated carbocycles. The number of esters is 1. The first-order valence-corrected chi connectivity index (χ1v) is 8.96. The molecule has 0 amide bonds. The van der Waals surface area contributed by atoms with E-state index in [-0.39, 0.29) is 22.6 Å². The number of para-hydroxylation sites is 2. The fourth-order valence-electron chi connectivity index (χ4n) is 2.74. The molecule has 4 aromatic carbocycles. The molecule has 0 spiro atoms. The van der Waals surface area contributed by atoms with Gasteiger partial charge < -0.3 is 20.1 Å². The number of aromatic hydroxyl groups is 2. The Labute approximate surface area is 172 Å². The molecule has 6 heteroatoms. The van der Waals surface area contributed by atoms with Gasteiger partial charge in [-0.1, -0.05) is 60.7 Å². The van der Waals surface area contributed by atoms with Crippen LogP contribution in [0.5, 0.6) is 17.2 Å². The maximum Gasteiger partial charge on any atom is 0.347 e. The van der Waals surface area contributed by atoms with Crippen molar-refractivity contribution in [3.63, 3.8) is 0 Å². The van der Waals surface area contributed by atoms with Crippen molar-refractivity contribution in [2.24, 2.45) is 0 Å². The number of carbonyl (C=O) groups is 2. The van der Waals surface area contributed by atoms with Crippen LogP contribution in [-0.2, 0) is 0 Å². The number of carboxylic acids is 1. The van der Waals surface area contributed by atoms with Crippen LogP contribution < -0.4 is 4.74 Å². The van der Waals surface area contributed by atoms with E-state index in [0.717, 1.165) is 10.8 Å². The van der Waals surface area contributed by atoms with Crippen LogP contribution in [0, 0.1) is 0 Å². The Morgan fingerprint density at radius 2 is 1.17 bits per heavy atom. The lowest BCUT2D eigenvalue weighted by Gasteiger charge is -2.08. The molecule has 0 bridgehead atoms. The van der Waals surface area contributed by atoms with E-state index in [4.69, 9.17) is 14.9 Å². The fraction of sp³-hybridized carbons (Fsp3) is 0. The smallest absolute Gasteiger partial charge is 0.347 e. The average molecular weight is 402 g/mol. The summed E-state index contributed by atoms with van der Waals surface area (Å²) in [7, 11) is 0. The minimum Gasteiger partial charge on any atom is -0.507 e. The first-order valence-electron chi connectivity index (χ1n) is 8.96. The van der Waals surface area contributed by atoms with E-state index in [2.05, 4.69) is 0 Å². The highest BCUT2D eigenvalue weighted by Crippen LogP contribution is 2.27. The molecule has 0 saturated heterocycles. The summed E-state index contributed by atoms with van der Waals surface area (Å²) < 4.78 is 5.40. The summed E-state index contributed by atoms with van der Waals surface area (Å²) in [5.74, 6) is -1.48. The van der Waals surface area contributed by atoms with Gasteiger partial charge in [0.05, 0.1) is 0 Å². The summed E-state index contributed by atoms with van der Waals surface area (Å²) in [5, 5.41) is 28.8. The summed E-state index contributed by atoms with van der Waals surface area (Å²) in [4.78, 5) is 22.4. The quantitative estimate of drug-likeness (QED) is 0.334. The van der Waals surface area contributed by atoms with Gasteiger partial charge in [-0.3, -0.25) is 0 Å². The number of ether oxygens (including phenoxy) is 1. The van der Waals surface area contributed by atoms with Gasteiger partial charge in [0.15, 0.2) is 0 Å². The highest BCUT2D eigenvalue weighted by atomic mass is 16.5. The van der Waals surface area contributed by atoms with Gasteiger partial charge in [0, 0.05) is 5.39 Å². The van der Waals surface area contributed by atoms with Crippen molar-refractivity contribution < 1.29 is 29.6 Å². The van der Waals surface area contributed by atoms with Crippen molar-refractivity contribution in [1.29, 1.82) is 0 Å². The lowest BCUT2D eigenvalue weighted by molar-refractivity contribution is 0.0691. The molecular weight excluding hydrogens is 384 g/mol. The first-order chi connectivity index (χ1) is 14.5. The van der Waals surface area contributed by atoms with Crippen LogP contribution in [0.2, 0.25) is 0 Å². The summed E-state index contributed by atoms with van der Waals surface area (Å²) in [6.07, 6.45) is 0. The summed E-state index contributed by atoms with van der Waals surface area (Å²) >= 11 is 0. The second-order valence-electron chi connectivity index (χ2n) is 6.21.